The Kier molecular flexibility index (Phi) is 4.24. The predicted molar refractivity (Wildman–Crippen MR) is 89.0 cm³/mol. The zero-order valence-corrected chi connectivity index (χ0v) is 13.2. The van der Waals surface area contributed by atoms with Crippen LogP contribution in [0.2, 0.25) is 0 Å². The van der Waals surface area contributed by atoms with E-state index in [0.29, 0.717) is 0 Å². The monoisotopic (exact) mass is 324 g/mol. The Morgan fingerprint density at radius 3 is 2.46 bits per heavy atom. The molecule has 2 heterocycles. The second-order valence-electron chi connectivity index (χ2n) is 5.51. The fraction of sp³-hybridized carbons (Fsp3) is 0.312. The molecule has 3 rings (SSSR count). The molecular weight excluding hydrogens is 308 g/mol. The van der Waals surface area contributed by atoms with E-state index in [1.165, 1.54) is 6.07 Å². The SMILES string of the molecule is Cc1nccnc1N1CCN(c2ccc([N+](=O)[O-])c(C#N)c2)CC1. The summed E-state index contributed by atoms with van der Waals surface area (Å²) in [6.45, 7) is 4.98. The smallest absolute Gasteiger partial charge is 0.287 e. The summed E-state index contributed by atoms with van der Waals surface area (Å²) in [6, 6.07) is 6.58. The molecule has 24 heavy (non-hydrogen) atoms. The van der Waals surface area contributed by atoms with Crippen molar-refractivity contribution in [3.63, 3.8) is 0 Å². The molecule has 8 nitrogen and oxygen atoms in total. The van der Waals surface area contributed by atoms with E-state index in [4.69, 9.17) is 5.26 Å². The van der Waals surface area contributed by atoms with Gasteiger partial charge < -0.3 is 9.80 Å². The van der Waals surface area contributed by atoms with Crippen molar-refractivity contribution in [1.29, 1.82) is 5.26 Å². The van der Waals surface area contributed by atoms with Crippen LogP contribution in [-0.4, -0.2) is 41.1 Å². The van der Waals surface area contributed by atoms with Crippen LogP contribution >= 0.6 is 0 Å². The number of hydrogen-bond donors (Lipinski definition) is 0. The van der Waals surface area contributed by atoms with E-state index in [2.05, 4.69) is 19.8 Å². The second-order valence-corrected chi connectivity index (χ2v) is 5.51. The number of hydrogen-bond acceptors (Lipinski definition) is 7. The molecule has 0 bridgehead atoms. The average Bonchev–Trinajstić information content (AvgIpc) is 2.61. The van der Waals surface area contributed by atoms with Gasteiger partial charge in [0.1, 0.15) is 17.5 Å². The van der Waals surface area contributed by atoms with Gasteiger partial charge in [-0.1, -0.05) is 0 Å². The molecule has 1 saturated heterocycles. The van der Waals surface area contributed by atoms with E-state index in [9.17, 15) is 10.1 Å². The summed E-state index contributed by atoms with van der Waals surface area (Å²) >= 11 is 0. The van der Waals surface area contributed by atoms with Gasteiger partial charge in [0.05, 0.1) is 10.6 Å². The van der Waals surface area contributed by atoms with Crippen LogP contribution in [0.3, 0.4) is 0 Å². The van der Waals surface area contributed by atoms with Crippen molar-refractivity contribution in [1.82, 2.24) is 9.97 Å². The van der Waals surface area contributed by atoms with E-state index in [1.807, 2.05) is 13.0 Å². The van der Waals surface area contributed by atoms with E-state index in [-0.39, 0.29) is 11.3 Å². The quantitative estimate of drug-likeness (QED) is 0.628. The van der Waals surface area contributed by atoms with E-state index in [1.54, 1.807) is 24.5 Å². The van der Waals surface area contributed by atoms with Crippen molar-refractivity contribution < 1.29 is 4.92 Å². The Morgan fingerprint density at radius 1 is 1.17 bits per heavy atom. The first kappa shape index (κ1) is 15.7. The first-order chi connectivity index (χ1) is 11.6. The number of aromatic nitrogens is 2. The van der Waals surface area contributed by atoms with Crippen molar-refractivity contribution in [3.8, 4) is 6.07 Å². The molecule has 122 valence electrons. The molecule has 0 amide bonds. The number of rotatable bonds is 3. The number of nitrogens with zero attached hydrogens (tertiary/aromatic N) is 6. The molecule has 1 aromatic carbocycles. The van der Waals surface area contributed by atoms with Crippen molar-refractivity contribution in [2.24, 2.45) is 0 Å². The summed E-state index contributed by atoms with van der Waals surface area (Å²) in [5.74, 6) is 0.888. The number of nitro groups is 1. The molecule has 0 saturated carbocycles. The Bertz CT molecular complexity index is 808. The number of nitro benzene ring substituents is 1. The molecule has 1 aromatic heterocycles. The van der Waals surface area contributed by atoms with Crippen LogP contribution in [0.15, 0.2) is 30.6 Å². The lowest BCUT2D eigenvalue weighted by molar-refractivity contribution is -0.385. The fourth-order valence-electron chi connectivity index (χ4n) is 2.86. The molecule has 0 spiro atoms. The van der Waals surface area contributed by atoms with Gasteiger partial charge in [0.15, 0.2) is 0 Å². The van der Waals surface area contributed by atoms with Crippen LogP contribution in [0.4, 0.5) is 17.2 Å². The van der Waals surface area contributed by atoms with Gasteiger partial charge in [0.25, 0.3) is 5.69 Å². The van der Waals surface area contributed by atoms with Crippen LogP contribution in [-0.2, 0) is 0 Å². The lowest BCUT2D eigenvalue weighted by atomic mass is 10.1. The van der Waals surface area contributed by atoms with Gasteiger partial charge in [0, 0.05) is 50.3 Å². The number of piperazine rings is 1. The third-order valence-corrected chi connectivity index (χ3v) is 4.10. The van der Waals surface area contributed by atoms with E-state index in [0.717, 1.165) is 43.4 Å². The third-order valence-electron chi connectivity index (χ3n) is 4.10. The summed E-state index contributed by atoms with van der Waals surface area (Å²) in [6.07, 6.45) is 3.36. The fourth-order valence-corrected chi connectivity index (χ4v) is 2.86. The van der Waals surface area contributed by atoms with Gasteiger partial charge in [-0.05, 0) is 19.1 Å². The van der Waals surface area contributed by atoms with Crippen LogP contribution in [0.25, 0.3) is 0 Å². The minimum Gasteiger partial charge on any atom is -0.368 e. The highest BCUT2D eigenvalue weighted by molar-refractivity contribution is 5.60. The molecule has 0 unspecified atom stereocenters. The van der Waals surface area contributed by atoms with Crippen LogP contribution in [0.5, 0.6) is 0 Å². The van der Waals surface area contributed by atoms with Crippen LogP contribution in [0, 0.1) is 28.4 Å². The average molecular weight is 324 g/mol. The molecule has 0 N–H and O–H groups in total. The van der Waals surface area contributed by atoms with Crippen LogP contribution in [0.1, 0.15) is 11.3 Å². The minimum atomic E-state index is -0.531. The van der Waals surface area contributed by atoms with Gasteiger partial charge >= 0.3 is 0 Å². The van der Waals surface area contributed by atoms with Gasteiger partial charge in [-0.25, -0.2) is 4.98 Å². The molecule has 0 aliphatic carbocycles. The zero-order valence-electron chi connectivity index (χ0n) is 13.2. The summed E-state index contributed by atoms with van der Waals surface area (Å²) < 4.78 is 0. The number of anilines is 2. The largest absolute Gasteiger partial charge is 0.368 e. The predicted octanol–water partition coefficient (Wildman–Crippen LogP) is 1.89. The number of aryl methyl sites for hydroxylation is 1. The summed E-state index contributed by atoms with van der Waals surface area (Å²) in [4.78, 5) is 23.3. The highest BCUT2D eigenvalue weighted by Crippen LogP contribution is 2.26. The highest BCUT2D eigenvalue weighted by Gasteiger charge is 2.22. The molecular formula is C16H16N6O2. The molecule has 0 atom stereocenters. The lowest BCUT2D eigenvalue weighted by Gasteiger charge is -2.37. The standard InChI is InChI=1S/C16H16N6O2/c1-12-16(19-5-4-18-12)21-8-6-20(7-9-21)14-2-3-15(22(23)24)13(10-14)11-17/h2-5,10H,6-9H2,1H3. The Balaban J connectivity index is 1.74. The van der Waals surface area contributed by atoms with Crippen molar-refractivity contribution in [2.75, 3.05) is 36.0 Å². The molecule has 1 aliphatic rings. The van der Waals surface area contributed by atoms with Gasteiger partial charge in [-0.15, -0.1) is 0 Å². The maximum Gasteiger partial charge on any atom is 0.287 e. The van der Waals surface area contributed by atoms with Crippen molar-refractivity contribution >= 4 is 17.2 Å². The molecule has 1 aliphatic heterocycles. The van der Waals surface area contributed by atoms with Crippen molar-refractivity contribution in [3.05, 3.63) is 52.0 Å². The Hall–Kier alpha value is -3.21. The Morgan fingerprint density at radius 2 is 1.83 bits per heavy atom. The second kappa shape index (κ2) is 6.50. The summed E-state index contributed by atoms with van der Waals surface area (Å²) in [5.41, 5.74) is 1.65. The zero-order chi connectivity index (χ0) is 17.1. The van der Waals surface area contributed by atoms with Gasteiger partial charge in [0.2, 0.25) is 0 Å². The normalized spacial score (nSPS) is 14.3. The number of benzene rings is 1. The van der Waals surface area contributed by atoms with E-state index >= 15 is 0 Å². The maximum atomic E-state index is 10.9. The molecule has 1 fully saturated rings. The topological polar surface area (TPSA) is 99.2 Å². The van der Waals surface area contributed by atoms with Crippen LogP contribution < -0.4 is 9.80 Å². The van der Waals surface area contributed by atoms with Gasteiger partial charge in [-0.2, -0.15) is 5.26 Å². The third kappa shape index (κ3) is 2.96. The summed E-state index contributed by atoms with van der Waals surface area (Å²) in [5, 5.41) is 20.0. The summed E-state index contributed by atoms with van der Waals surface area (Å²) in [7, 11) is 0. The molecule has 8 heteroatoms. The molecule has 2 aromatic rings. The lowest BCUT2D eigenvalue weighted by Crippen LogP contribution is -2.47. The number of nitriles is 1. The maximum absolute atomic E-state index is 10.9. The Labute approximate surface area is 139 Å². The van der Waals surface area contributed by atoms with Gasteiger partial charge in [-0.3, -0.25) is 15.1 Å². The minimum absolute atomic E-state index is 0.0877. The highest BCUT2D eigenvalue weighted by atomic mass is 16.6. The first-order valence-corrected chi connectivity index (χ1v) is 7.56. The van der Waals surface area contributed by atoms with Crippen molar-refractivity contribution in [2.45, 2.75) is 6.92 Å². The van der Waals surface area contributed by atoms with E-state index < -0.39 is 4.92 Å². The molecule has 0 radical (unpaired) electrons. The first-order valence-electron chi connectivity index (χ1n) is 7.56.